The van der Waals surface area contributed by atoms with Crippen molar-refractivity contribution in [3.05, 3.63) is 35.9 Å². The topological polar surface area (TPSA) is 54.8 Å². The number of nitrogens with zero attached hydrogens (tertiary/aromatic N) is 3. The Balaban J connectivity index is 1.77. The van der Waals surface area contributed by atoms with Crippen LogP contribution in [0.1, 0.15) is 26.2 Å². The molecule has 1 aromatic carbocycles. The van der Waals surface area contributed by atoms with Gasteiger partial charge in [0.25, 0.3) is 0 Å². The first kappa shape index (κ1) is 14.4. The molecule has 1 aromatic heterocycles. The van der Waals surface area contributed by atoms with E-state index in [0.717, 1.165) is 24.3 Å². The summed E-state index contributed by atoms with van der Waals surface area (Å²) in [6, 6.07) is 6.82. The third-order valence-corrected chi connectivity index (χ3v) is 4.14. The van der Waals surface area contributed by atoms with Gasteiger partial charge < -0.3 is 10.6 Å². The van der Waals surface area contributed by atoms with Gasteiger partial charge in [0, 0.05) is 12.1 Å². The number of rotatable bonds is 5. The Hall–Kier alpha value is -1.59. The lowest BCUT2D eigenvalue weighted by molar-refractivity contribution is 0.523. The molecule has 21 heavy (non-hydrogen) atoms. The summed E-state index contributed by atoms with van der Waals surface area (Å²) in [7, 11) is 0. The highest BCUT2D eigenvalue weighted by Crippen LogP contribution is 2.28. The van der Waals surface area contributed by atoms with E-state index in [1.807, 2.05) is 18.2 Å². The molecule has 0 amide bonds. The van der Waals surface area contributed by atoms with E-state index in [1.54, 1.807) is 11.0 Å². The average Bonchev–Trinajstić information content (AvgIpc) is 3.11. The zero-order chi connectivity index (χ0) is 14.7. The molecule has 1 aliphatic heterocycles. The van der Waals surface area contributed by atoms with Crippen LogP contribution in [0.5, 0.6) is 0 Å². The Morgan fingerprint density at radius 1 is 1.52 bits per heavy atom. The maximum atomic E-state index is 6.33. The van der Waals surface area contributed by atoms with E-state index in [2.05, 4.69) is 27.6 Å². The van der Waals surface area contributed by atoms with Crippen LogP contribution in [0.4, 0.5) is 5.69 Å². The van der Waals surface area contributed by atoms with Gasteiger partial charge in [0.1, 0.15) is 18.3 Å². The largest absolute Gasteiger partial charge is 0.381 e. The van der Waals surface area contributed by atoms with Gasteiger partial charge in [-0.25, -0.2) is 9.67 Å². The molecule has 1 saturated heterocycles. The minimum atomic E-state index is 0.362. The highest BCUT2D eigenvalue weighted by molar-refractivity contribution is 6.33. The number of para-hydroxylation sites is 1. The van der Waals surface area contributed by atoms with Crippen LogP contribution in [-0.2, 0) is 0 Å². The first-order valence-corrected chi connectivity index (χ1v) is 7.75. The van der Waals surface area contributed by atoms with E-state index in [4.69, 9.17) is 11.6 Å². The number of nitrogens with one attached hydrogen (secondary N) is 2. The fraction of sp³-hybridized carbons (Fsp3) is 0.467. The molecule has 0 aliphatic carbocycles. The smallest absolute Gasteiger partial charge is 0.138 e. The molecule has 1 aliphatic rings. The molecular weight excluding hydrogens is 286 g/mol. The second kappa shape index (κ2) is 6.45. The van der Waals surface area contributed by atoms with E-state index in [1.165, 1.54) is 19.2 Å². The van der Waals surface area contributed by atoms with Gasteiger partial charge in [-0.15, -0.1) is 0 Å². The lowest BCUT2D eigenvalue weighted by atomic mass is 10.1. The second-order valence-electron chi connectivity index (χ2n) is 5.55. The minimum Gasteiger partial charge on any atom is -0.381 e. The standard InChI is InChI=1S/C15H20ClN5/c1-11(8-12-4-3-7-18-12)20-14-6-2-5-13(16)15(14)21-10-17-9-19-21/h2,5-6,9-12,18,20H,3-4,7-8H2,1H3. The Morgan fingerprint density at radius 2 is 2.43 bits per heavy atom. The number of aromatic nitrogens is 3. The summed E-state index contributed by atoms with van der Waals surface area (Å²) in [5.74, 6) is 0. The van der Waals surface area contributed by atoms with Crippen molar-refractivity contribution in [1.29, 1.82) is 0 Å². The van der Waals surface area contributed by atoms with E-state index in [-0.39, 0.29) is 0 Å². The molecule has 2 atom stereocenters. The summed E-state index contributed by atoms with van der Waals surface area (Å²) in [5, 5.41) is 11.9. The Kier molecular flexibility index (Phi) is 4.41. The molecule has 2 unspecified atom stereocenters. The first-order chi connectivity index (χ1) is 10.2. The Morgan fingerprint density at radius 3 is 3.14 bits per heavy atom. The van der Waals surface area contributed by atoms with Crippen molar-refractivity contribution in [2.45, 2.75) is 38.3 Å². The highest BCUT2D eigenvalue weighted by atomic mass is 35.5. The van der Waals surface area contributed by atoms with Gasteiger partial charge in [-0.1, -0.05) is 17.7 Å². The third-order valence-electron chi connectivity index (χ3n) is 3.84. The number of hydrogen-bond donors (Lipinski definition) is 2. The summed E-state index contributed by atoms with van der Waals surface area (Å²) < 4.78 is 1.70. The summed E-state index contributed by atoms with van der Waals surface area (Å²) in [4.78, 5) is 4.00. The van der Waals surface area contributed by atoms with Crippen LogP contribution < -0.4 is 10.6 Å². The lowest BCUT2D eigenvalue weighted by Gasteiger charge is -2.21. The monoisotopic (exact) mass is 305 g/mol. The number of hydrogen-bond acceptors (Lipinski definition) is 4. The predicted octanol–water partition coefficient (Wildman–Crippen LogP) is 2.86. The van der Waals surface area contributed by atoms with Gasteiger partial charge in [-0.2, -0.15) is 5.10 Å². The predicted molar refractivity (Wildman–Crippen MR) is 85.1 cm³/mol. The van der Waals surface area contributed by atoms with E-state index in [9.17, 15) is 0 Å². The van der Waals surface area contributed by atoms with E-state index >= 15 is 0 Å². The fourth-order valence-electron chi connectivity index (χ4n) is 2.90. The number of halogens is 1. The molecule has 2 aromatic rings. The number of anilines is 1. The summed E-state index contributed by atoms with van der Waals surface area (Å²) >= 11 is 6.33. The van der Waals surface area contributed by atoms with Crippen LogP contribution in [0, 0.1) is 0 Å². The van der Waals surface area contributed by atoms with Crippen LogP contribution in [0.2, 0.25) is 5.02 Å². The number of benzene rings is 1. The quantitative estimate of drug-likeness (QED) is 0.892. The molecule has 0 spiro atoms. The Labute approximate surface area is 129 Å². The van der Waals surface area contributed by atoms with Gasteiger partial charge in [-0.05, 0) is 44.9 Å². The maximum Gasteiger partial charge on any atom is 0.138 e. The molecule has 5 nitrogen and oxygen atoms in total. The normalized spacial score (nSPS) is 19.6. The van der Waals surface area contributed by atoms with E-state index < -0.39 is 0 Å². The highest BCUT2D eigenvalue weighted by Gasteiger charge is 2.18. The molecule has 1 fully saturated rings. The van der Waals surface area contributed by atoms with Crippen LogP contribution in [0.25, 0.3) is 5.69 Å². The van der Waals surface area contributed by atoms with Crippen LogP contribution in [-0.4, -0.2) is 33.4 Å². The molecule has 112 valence electrons. The Bertz CT molecular complexity index is 578. The van der Waals surface area contributed by atoms with Crippen molar-refractivity contribution >= 4 is 17.3 Å². The SMILES string of the molecule is CC(CC1CCCN1)Nc1cccc(Cl)c1-n1cncn1. The molecule has 2 heterocycles. The van der Waals surface area contributed by atoms with Crippen LogP contribution >= 0.6 is 11.6 Å². The van der Waals surface area contributed by atoms with Gasteiger partial charge >= 0.3 is 0 Å². The third kappa shape index (κ3) is 3.36. The van der Waals surface area contributed by atoms with Crippen LogP contribution in [0.3, 0.4) is 0 Å². The second-order valence-corrected chi connectivity index (χ2v) is 5.96. The zero-order valence-corrected chi connectivity index (χ0v) is 12.8. The minimum absolute atomic E-state index is 0.362. The van der Waals surface area contributed by atoms with Crippen molar-refractivity contribution in [3.8, 4) is 5.69 Å². The fourth-order valence-corrected chi connectivity index (χ4v) is 3.16. The molecule has 3 rings (SSSR count). The average molecular weight is 306 g/mol. The van der Waals surface area contributed by atoms with E-state index in [0.29, 0.717) is 17.1 Å². The van der Waals surface area contributed by atoms with Crippen molar-refractivity contribution in [2.75, 3.05) is 11.9 Å². The summed E-state index contributed by atoms with van der Waals surface area (Å²) in [6.07, 6.45) is 6.81. The zero-order valence-electron chi connectivity index (χ0n) is 12.1. The maximum absolute atomic E-state index is 6.33. The van der Waals surface area contributed by atoms with Crippen molar-refractivity contribution in [2.24, 2.45) is 0 Å². The van der Waals surface area contributed by atoms with Gasteiger partial charge in [0.15, 0.2) is 0 Å². The molecule has 0 radical (unpaired) electrons. The molecular formula is C15H20ClN5. The lowest BCUT2D eigenvalue weighted by Crippen LogP contribution is -2.29. The first-order valence-electron chi connectivity index (χ1n) is 7.37. The van der Waals surface area contributed by atoms with Gasteiger partial charge in [-0.3, -0.25) is 0 Å². The molecule has 0 bridgehead atoms. The van der Waals surface area contributed by atoms with Gasteiger partial charge in [0.2, 0.25) is 0 Å². The van der Waals surface area contributed by atoms with Crippen LogP contribution in [0.15, 0.2) is 30.9 Å². The van der Waals surface area contributed by atoms with Crippen molar-refractivity contribution < 1.29 is 0 Å². The summed E-state index contributed by atoms with van der Waals surface area (Å²) in [5.41, 5.74) is 1.83. The van der Waals surface area contributed by atoms with Crippen molar-refractivity contribution in [1.82, 2.24) is 20.1 Å². The molecule has 2 N–H and O–H groups in total. The molecule has 0 saturated carbocycles. The molecule has 6 heteroatoms. The van der Waals surface area contributed by atoms with Crippen molar-refractivity contribution in [3.63, 3.8) is 0 Å². The summed E-state index contributed by atoms with van der Waals surface area (Å²) in [6.45, 7) is 3.34. The van der Waals surface area contributed by atoms with Gasteiger partial charge in [0.05, 0.1) is 10.7 Å².